The molecule has 0 aromatic heterocycles. The number of hydrogen-bond donors (Lipinski definition) is 1. The number of aryl methyl sites for hydroxylation is 1. The Hall–Kier alpha value is -0.340. The molecule has 118 valence electrons. The quantitative estimate of drug-likeness (QED) is 0.699. The van der Waals surface area contributed by atoms with Crippen molar-refractivity contribution in [2.45, 2.75) is 59.4 Å². The molecule has 2 rings (SSSR count). The highest BCUT2D eigenvalue weighted by Crippen LogP contribution is 2.40. The summed E-state index contributed by atoms with van der Waals surface area (Å²) in [5.74, 6) is 2.49. The molecule has 1 aliphatic carbocycles. The van der Waals surface area contributed by atoms with Gasteiger partial charge >= 0.3 is 0 Å². The van der Waals surface area contributed by atoms with E-state index in [1.165, 1.54) is 41.3 Å². The van der Waals surface area contributed by atoms with Crippen LogP contribution < -0.4 is 5.32 Å². The van der Waals surface area contributed by atoms with Crippen LogP contribution in [0.25, 0.3) is 0 Å². The van der Waals surface area contributed by atoms with Gasteiger partial charge < -0.3 is 5.32 Å². The van der Waals surface area contributed by atoms with Crippen LogP contribution in [0.15, 0.2) is 22.7 Å². The smallest absolute Gasteiger partial charge is 0.0349 e. The minimum Gasteiger partial charge on any atom is -0.310 e. The molecule has 0 aliphatic heterocycles. The van der Waals surface area contributed by atoms with Gasteiger partial charge in [0.05, 0.1) is 0 Å². The van der Waals surface area contributed by atoms with E-state index in [2.05, 4.69) is 67.1 Å². The molecule has 0 spiro atoms. The molecule has 21 heavy (non-hydrogen) atoms. The van der Waals surface area contributed by atoms with Gasteiger partial charge in [0.1, 0.15) is 0 Å². The first kappa shape index (κ1) is 17.0. The SMILES string of the molecule is CCCNC(c1ccc(C)c(Br)c1)C1CC(C)CC(C)C1. The lowest BCUT2D eigenvalue weighted by molar-refractivity contribution is 0.176. The third-order valence-corrected chi connectivity index (χ3v) is 5.71. The molecule has 1 aromatic carbocycles. The molecular weight excluding hydrogens is 322 g/mol. The Morgan fingerprint density at radius 1 is 1.19 bits per heavy atom. The predicted molar refractivity (Wildman–Crippen MR) is 95.6 cm³/mol. The van der Waals surface area contributed by atoms with Gasteiger partial charge in [-0.1, -0.05) is 48.8 Å². The first-order chi connectivity index (χ1) is 10.0. The van der Waals surface area contributed by atoms with Crippen molar-refractivity contribution in [3.63, 3.8) is 0 Å². The zero-order valence-corrected chi connectivity index (χ0v) is 15.5. The van der Waals surface area contributed by atoms with Crippen LogP contribution in [-0.2, 0) is 0 Å². The maximum absolute atomic E-state index is 3.82. The number of halogens is 1. The van der Waals surface area contributed by atoms with Gasteiger partial charge in [-0.25, -0.2) is 0 Å². The molecule has 0 bridgehead atoms. The van der Waals surface area contributed by atoms with Gasteiger partial charge in [0.25, 0.3) is 0 Å². The molecule has 2 heteroatoms. The second kappa shape index (κ2) is 7.78. The van der Waals surface area contributed by atoms with Crippen LogP contribution in [-0.4, -0.2) is 6.54 Å². The Balaban J connectivity index is 2.22. The lowest BCUT2D eigenvalue weighted by Gasteiger charge is -2.37. The summed E-state index contributed by atoms with van der Waals surface area (Å²) >= 11 is 3.70. The van der Waals surface area contributed by atoms with Crippen LogP contribution in [0, 0.1) is 24.7 Å². The van der Waals surface area contributed by atoms with Crippen molar-refractivity contribution in [2.75, 3.05) is 6.54 Å². The molecule has 0 saturated heterocycles. The molecule has 0 heterocycles. The third kappa shape index (κ3) is 4.56. The summed E-state index contributed by atoms with van der Waals surface area (Å²) in [6, 6.07) is 7.40. The van der Waals surface area contributed by atoms with E-state index in [0.717, 1.165) is 24.3 Å². The summed E-state index contributed by atoms with van der Waals surface area (Å²) in [6.45, 7) is 10.4. The second-order valence-electron chi connectivity index (χ2n) is 7.12. The van der Waals surface area contributed by atoms with Crippen molar-refractivity contribution in [3.8, 4) is 0 Å². The molecule has 3 unspecified atom stereocenters. The lowest BCUT2D eigenvalue weighted by atomic mass is 9.72. The lowest BCUT2D eigenvalue weighted by Crippen LogP contribution is -2.33. The van der Waals surface area contributed by atoms with Crippen LogP contribution in [0.4, 0.5) is 0 Å². The molecule has 0 radical (unpaired) electrons. The average molecular weight is 352 g/mol. The van der Waals surface area contributed by atoms with Gasteiger partial charge in [-0.2, -0.15) is 0 Å². The Kier molecular flexibility index (Phi) is 6.31. The zero-order valence-electron chi connectivity index (χ0n) is 14.0. The monoisotopic (exact) mass is 351 g/mol. The molecular formula is C19H30BrN. The summed E-state index contributed by atoms with van der Waals surface area (Å²) < 4.78 is 1.24. The van der Waals surface area contributed by atoms with E-state index in [1.807, 2.05) is 0 Å². The van der Waals surface area contributed by atoms with Gasteiger partial charge in [0, 0.05) is 10.5 Å². The highest BCUT2D eigenvalue weighted by Gasteiger charge is 2.30. The minimum absolute atomic E-state index is 0.507. The van der Waals surface area contributed by atoms with Gasteiger partial charge in [-0.3, -0.25) is 0 Å². The topological polar surface area (TPSA) is 12.0 Å². The largest absolute Gasteiger partial charge is 0.310 e. The molecule has 3 atom stereocenters. The van der Waals surface area contributed by atoms with Crippen molar-refractivity contribution in [2.24, 2.45) is 17.8 Å². The molecule has 1 fully saturated rings. The van der Waals surface area contributed by atoms with E-state index in [-0.39, 0.29) is 0 Å². The zero-order chi connectivity index (χ0) is 15.4. The summed E-state index contributed by atoms with van der Waals surface area (Å²) in [5, 5.41) is 3.82. The molecule has 1 aliphatic rings. The number of rotatable bonds is 5. The molecule has 1 aromatic rings. The van der Waals surface area contributed by atoms with Gasteiger partial charge in [0.2, 0.25) is 0 Å². The van der Waals surface area contributed by atoms with E-state index in [0.29, 0.717) is 6.04 Å². The first-order valence-electron chi connectivity index (χ1n) is 8.50. The predicted octanol–water partition coefficient (Wildman–Crippen LogP) is 5.87. The summed E-state index contributed by atoms with van der Waals surface area (Å²) in [4.78, 5) is 0. The fourth-order valence-electron chi connectivity index (χ4n) is 3.94. The van der Waals surface area contributed by atoms with E-state index >= 15 is 0 Å². The Morgan fingerprint density at radius 3 is 2.43 bits per heavy atom. The van der Waals surface area contributed by atoms with Crippen molar-refractivity contribution in [1.82, 2.24) is 5.32 Å². The molecule has 1 saturated carbocycles. The van der Waals surface area contributed by atoms with E-state index in [9.17, 15) is 0 Å². The number of nitrogens with one attached hydrogen (secondary N) is 1. The molecule has 0 amide bonds. The maximum Gasteiger partial charge on any atom is 0.0349 e. The van der Waals surface area contributed by atoms with Crippen molar-refractivity contribution in [3.05, 3.63) is 33.8 Å². The fraction of sp³-hybridized carbons (Fsp3) is 0.684. The van der Waals surface area contributed by atoms with Gasteiger partial charge in [-0.15, -0.1) is 0 Å². The van der Waals surface area contributed by atoms with Gasteiger partial charge in [-0.05, 0) is 74.1 Å². The van der Waals surface area contributed by atoms with Crippen LogP contribution in [0.5, 0.6) is 0 Å². The summed E-state index contributed by atoms with van der Waals surface area (Å²) in [5.41, 5.74) is 2.77. The normalized spacial score (nSPS) is 27.6. The highest BCUT2D eigenvalue weighted by atomic mass is 79.9. The summed E-state index contributed by atoms with van der Waals surface area (Å²) in [6.07, 6.45) is 5.31. The van der Waals surface area contributed by atoms with Crippen LogP contribution in [0.1, 0.15) is 63.6 Å². The first-order valence-corrected chi connectivity index (χ1v) is 9.30. The standard InChI is InChI=1S/C19H30BrN/c1-5-8-21-19(16-7-6-15(4)18(20)12-16)17-10-13(2)9-14(3)11-17/h6-7,12-14,17,19,21H,5,8-11H2,1-4H3. The minimum atomic E-state index is 0.507. The highest BCUT2D eigenvalue weighted by molar-refractivity contribution is 9.10. The Morgan fingerprint density at radius 2 is 1.86 bits per heavy atom. The van der Waals surface area contributed by atoms with E-state index in [1.54, 1.807) is 0 Å². The van der Waals surface area contributed by atoms with Crippen molar-refractivity contribution in [1.29, 1.82) is 0 Å². The third-order valence-electron chi connectivity index (χ3n) is 4.86. The summed E-state index contributed by atoms with van der Waals surface area (Å²) in [7, 11) is 0. The molecule has 1 nitrogen and oxygen atoms in total. The Labute approximate surface area is 139 Å². The average Bonchev–Trinajstić information content (AvgIpc) is 2.42. The van der Waals surface area contributed by atoms with Crippen LogP contribution in [0.3, 0.4) is 0 Å². The number of hydrogen-bond acceptors (Lipinski definition) is 1. The Bertz CT molecular complexity index is 447. The van der Waals surface area contributed by atoms with E-state index in [4.69, 9.17) is 0 Å². The van der Waals surface area contributed by atoms with Crippen molar-refractivity contribution < 1.29 is 0 Å². The second-order valence-corrected chi connectivity index (χ2v) is 7.97. The van der Waals surface area contributed by atoms with E-state index < -0.39 is 0 Å². The fourth-order valence-corrected chi connectivity index (χ4v) is 4.34. The molecule has 1 N–H and O–H groups in total. The van der Waals surface area contributed by atoms with Gasteiger partial charge in [0.15, 0.2) is 0 Å². The van der Waals surface area contributed by atoms with Crippen LogP contribution >= 0.6 is 15.9 Å². The maximum atomic E-state index is 3.82. The number of benzene rings is 1. The van der Waals surface area contributed by atoms with Crippen molar-refractivity contribution >= 4 is 15.9 Å². The van der Waals surface area contributed by atoms with Crippen LogP contribution in [0.2, 0.25) is 0 Å².